The van der Waals surface area contributed by atoms with E-state index in [1.807, 2.05) is 42.7 Å². The Morgan fingerprint density at radius 1 is 1.10 bits per heavy atom. The summed E-state index contributed by atoms with van der Waals surface area (Å²) in [7, 11) is -3.56. The topological polar surface area (TPSA) is 84.3 Å². The number of hydrogen-bond acceptors (Lipinski definition) is 4. The van der Waals surface area contributed by atoms with Crippen molar-refractivity contribution in [1.29, 1.82) is 0 Å². The van der Waals surface area contributed by atoms with Crippen LogP contribution in [0.1, 0.15) is 37.6 Å². The van der Waals surface area contributed by atoms with Crippen molar-refractivity contribution < 1.29 is 13.2 Å². The molecule has 0 radical (unpaired) electrons. The van der Waals surface area contributed by atoms with Gasteiger partial charge in [0.15, 0.2) is 0 Å². The van der Waals surface area contributed by atoms with Gasteiger partial charge in [-0.15, -0.1) is 0 Å². The maximum Gasteiger partial charge on any atom is 0.244 e. The first-order chi connectivity index (χ1) is 14.9. The fourth-order valence-electron chi connectivity index (χ4n) is 4.06. The number of anilines is 1. The molecule has 0 aliphatic carbocycles. The number of para-hydroxylation sites is 2. The largest absolute Gasteiger partial charge is 0.324 e. The van der Waals surface area contributed by atoms with Gasteiger partial charge in [0, 0.05) is 25.2 Å². The standard InChI is InChI=1S/C23H28N4O3S/c1-3-22-24-19-9-5-6-10-21(19)27(22)16-23(28)25-20-15-18(12-11-17(20)2)31(29,30)26-13-7-4-8-14-26/h5-6,9-12,15H,3-4,7-8,13-14,16H2,1-2H3,(H,25,28). The molecule has 1 aromatic heterocycles. The number of rotatable bonds is 6. The molecule has 1 amide bonds. The SMILES string of the molecule is CCc1nc2ccccc2n1CC(=O)Nc1cc(S(=O)(=O)N2CCCCC2)ccc1C. The second-order valence-electron chi connectivity index (χ2n) is 7.95. The summed E-state index contributed by atoms with van der Waals surface area (Å²) in [6, 6.07) is 12.7. The van der Waals surface area contributed by atoms with Crippen molar-refractivity contribution in [2.45, 2.75) is 51.0 Å². The smallest absolute Gasteiger partial charge is 0.244 e. The predicted octanol–water partition coefficient (Wildman–Crippen LogP) is 3.72. The highest BCUT2D eigenvalue weighted by Gasteiger charge is 2.26. The summed E-state index contributed by atoms with van der Waals surface area (Å²) in [6.45, 7) is 5.08. The number of carbonyl (C=O) groups excluding carboxylic acids is 1. The number of nitrogens with zero attached hydrogens (tertiary/aromatic N) is 3. The molecule has 1 fully saturated rings. The molecule has 0 atom stereocenters. The van der Waals surface area contributed by atoms with Gasteiger partial charge in [-0.05, 0) is 49.6 Å². The lowest BCUT2D eigenvalue weighted by Crippen LogP contribution is -2.35. The Kier molecular flexibility index (Phi) is 6.11. The van der Waals surface area contributed by atoms with E-state index in [2.05, 4.69) is 10.3 Å². The van der Waals surface area contributed by atoms with Crippen molar-refractivity contribution >= 4 is 32.7 Å². The van der Waals surface area contributed by atoms with Gasteiger partial charge >= 0.3 is 0 Å². The number of hydrogen-bond donors (Lipinski definition) is 1. The number of nitrogens with one attached hydrogen (secondary N) is 1. The zero-order valence-corrected chi connectivity index (χ0v) is 18.8. The average Bonchev–Trinajstić information content (AvgIpc) is 3.13. The van der Waals surface area contributed by atoms with E-state index in [9.17, 15) is 13.2 Å². The summed E-state index contributed by atoms with van der Waals surface area (Å²) in [4.78, 5) is 17.7. The third-order valence-electron chi connectivity index (χ3n) is 5.79. The molecule has 0 bridgehead atoms. The summed E-state index contributed by atoms with van der Waals surface area (Å²) in [5.74, 6) is 0.628. The van der Waals surface area contributed by atoms with E-state index in [4.69, 9.17) is 0 Å². The third-order valence-corrected chi connectivity index (χ3v) is 7.68. The van der Waals surface area contributed by atoms with Crippen molar-refractivity contribution in [2.75, 3.05) is 18.4 Å². The van der Waals surface area contributed by atoms with Crippen LogP contribution < -0.4 is 5.32 Å². The number of amides is 1. The van der Waals surface area contributed by atoms with Crippen molar-refractivity contribution in [3.63, 3.8) is 0 Å². The first-order valence-corrected chi connectivity index (χ1v) is 12.2. The van der Waals surface area contributed by atoms with E-state index in [-0.39, 0.29) is 17.3 Å². The van der Waals surface area contributed by atoms with Gasteiger partial charge < -0.3 is 9.88 Å². The number of fused-ring (bicyclic) bond motifs is 1. The van der Waals surface area contributed by atoms with Gasteiger partial charge in [0.1, 0.15) is 12.4 Å². The van der Waals surface area contributed by atoms with Crippen LogP contribution in [0.3, 0.4) is 0 Å². The number of piperidine rings is 1. The first-order valence-electron chi connectivity index (χ1n) is 10.7. The molecule has 2 aromatic carbocycles. The lowest BCUT2D eigenvalue weighted by Gasteiger charge is -2.26. The molecule has 1 aliphatic rings. The lowest BCUT2D eigenvalue weighted by atomic mass is 10.2. The molecule has 1 aliphatic heterocycles. The van der Waals surface area contributed by atoms with E-state index >= 15 is 0 Å². The number of aromatic nitrogens is 2. The Bertz CT molecular complexity index is 1210. The fraction of sp³-hybridized carbons (Fsp3) is 0.391. The Balaban J connectivity index is 1.57. The molecule has 8 heteroatoms. The van der Waals surface area contributed by atoms with E-state index in [0.29, 0.717) is 25.2 Å². The second-order valence-corrected chi connectivity index (χ2v) is 9.88. The van der Waals surface area contributed by atoms with Crippen molar-refractivity contribution in [3.05, 3.63) is 53.9 Å². The summed E-state index contributed by atoms with van der Waals surface area (Å²) >= 11 is 0. The van der Waals surface area contributed by atoms with Crippen LogP contribution in [-0.4, -0.2) is 41.3 Å². The molecular formula is C23H28N4O3S. The molecule has 2 heterocycles. The Hall–Kier alpha value is -2.71. The van der Waals surface area contributed by atoms with Gasteiger partial charge in [-0.2, -0.15) is 4.31 Å². The minimum atomic E-state index is -3.56. The van der Waals surface area contributed by atoms with Gasteiger partial charge in [0.25, 0.3) is 0 Å². The van der Waals surface area contributed by atoms with E-state index in [0.717, 1.165) is 41.7 Å². The predicted molar refractivity (Wildman–Crippen MR) is 122 cm³/mol. The first kappa shape index (κ1) is 21.5. The summed E-state index contributed by atoms with van der Waals surface area (Å²) in [5.41, 5.74) is 3.10. The van der Waals surface area contributed by atoms with E-state index in [1.54, 1.807) is 18.2 Å². The van der Waals surface area contributed by atoms with Crippen LogP contribution in [0.25, 0.3) is 11.0 Å². The molecule has 7 nitrogen and oxygen atoms in total. The fourth-order valence-corrected chi connectivity index (χ4v) is 5.60. The molecule has 4 rings (SSSR count). The molecule has 164 valence electrons. The Morgan fingerprint density at radius 3 is 2.58 bits per heavy atom. The van der Waals surface area contributed by atoms with Crippen molar-refractivity contribution in [1.82, 2.24) is 13.9 Å². The Morgan fingerprint density at radius 2 is 1.84 bits per heavy atom. The lowest BCUT2D eigenvalue weighted by molar-refractivity contribution is -0.116. The zero-order valence-electron chi connectivity index (χ0n) is 18.0. The minimum absolute atomic E-state index is 0.117. The maximum absolute atomic E-state index is 13.0. The van der Waals surface area contributed by atoms with Crippen LogP contribution in [0.4, 0.5) is 5.69 Å². The van der Waals surface area contributed by atoms with E-state index in [1.165, 1.54) is 4.31 Å². The molecular weight excluding hydrogens is 412 g/mol. The van der Waals surface area contributed by atoms with Crippen LogP contribution in [0, 0.1) is 6.92 Å². The summed E-state index contributed by atoms with van der Waals surface area (Å²) in [5, 5.41) is 2.91. The quantitative estimate of drug-likeness (QED) is 0.633. The molecule has 3 aromatic rings. The summed E-state index contributed by atoms with van der Waals surface area (Å²) in [6.07, 6.45) is 3.54. The summed E-state index contributed by atoms with van der Waals surface area (Å²) < 4.78 is 29.5. The van der Waals surface area contributed by atoms with Crippen LogP contribution in [-0.2, 0) is 27.8 Å². The van der Waals surface area contributed by atoms with E-state index < -0.39 is 10.0 Å². The highest BCUT2D eigenvalue weighted by atomic mass is 32.2. The highest BCUT2D eigenvalue weighted by molar-refractivity contribution is 7.89. The van der Waals surface area contributed by atoms with Gasteiger partial charge in [0.05, 0.1) is 15.9 Å². The molecule has 31 heavy (non-hydrogen) atoms. The number of sulfonamides is 1. The Labute approximate surface area is 183 Å². The second kappa shape index (κ2) is 8.80. The monoisotopic (exact) mass is 440 g/mol. The normalized spacial score (nSPS) is 15.3. The van der Waals surface area contributed by atoms with Gasteiger partial charge in [-0.3, -0.25) is 4.79 Å². The third kappa shape index (κ3) is 4.36. The van der Waals surface area contributed by atoms with Gasteiger partial charge in [-0.25, -0.2) is 13.4 Å². The average molecular weight is 441 g/mol. The van der Waals surface area contributed by atoms with Crippen LogP contribution >= 0.6 is 0 Å². The highest BCUT2D eigenvalue weighted by Crippen LogP contribution is 2.25. The maximum atomic E-state index is 13.0. The van der Waals surface area contributed by atoms with Gasteiger partial charge in [0.2, 0.25) is 15.9 Å². The van der Waals surface area contributed by atoms with Gasteiger partial charge in [-0.1, -0.05) is 31.5 Å². The number of imidazole rings is 1. The van der Waals surface area contributed by atoms with Crippen LogP contribution in [0.2, 0.25) is 0 Å². The molecule has 1 saturated heterocycles. The van der Waals surface area contributed by atoms with Crippen LogP contribution in [0.15, 0.2) is 47.4 Å². The van der Waals surface area contributed by atoms with Crippen molar-refractivity contribution in [2.24, 2.45) is 0 Å². The molecule has 0 spiro atoms. The number of carbonyl (C=O) groups is 1. The van der Waals surface area contributed by atoms with Crippen molar-refractivity contribution in [3.8, 4) is 0 Å². The minimum Gasteiger partial charge on any atom is -0.324 e. The molecule has 1 N–H and O–H groups in total. The zero-order chi connectivity index (χ0) is 22.0. The number of benzene rings is 2. The molecule has 0 saturated carbocycles. The molecule has 0 unspecified atom stereocenters. The van der Waals surface area contributed by atoms with Crippen LogP contribution in [0.5, 0.6) is 0 Å². The number of aryl methyl sites for hydroxylation is 2.